The number of rotatable bonds is 65. The Labute approximate surface area is 503 Å². The lowest BCUT2D eigenvalue weighted by Crippen LogP contribution is -2.30. The molecule has 1 atom stereocenters. The van der Waals surface area contributed by atoms with Gasteiger partial charge in [0.05, 0.1) is 0 Å². The number of carbonyl (C=O) groups excluding carboxylic acids is 3. The lowest BCUT2D eigenvalue weighted by atomic mass is 10.0. The van der Waals surface area contributed by atoms with Gasteiger partial charge in [0.25, 0.3) is 0 Å². The van der Waals surface area contributed by atoms with Gasteiger partial charge in [-0.1, -0.05) is 312 Å². The predicted octanol–water partition coefficient (Wildman–Crippen LogP) is 24.4. The molecule has 0 rings (SSSR count). The minimum atomic E-state index is -0.785. The topological polar surface area (TPSA) is 78.9 Å². The molecule has 0 aliphatic rings. The van der Waals surface area contributed by atoms with Crippen LogP contribution in [0.25, 0.3) is 0 Å². The molecule has 81 heavy (non-hydrogen) atoms. The molecule has 1 unspecified atom stereocenters. The Kier molecular flexibility index (Phi) is 66.6. The molecule has 0 aliphatic carbocycles. The number of unbranched alkanes of at least 4 members (excludes halogenated alkanes) is 42. The van der Waals surface area contributed by atoms with E-state index in [2.05, 4.69) is 93.7 Å². The average Bonchev–Trinajstić information content (AvgIpc) is 3.47. The molecule has 0 bridgehead atoms. The molecular weight excluding hydrogens is 997 g/mol. The van der Waals surface area contributed by atoms with Crippen LogP contribution in [0.1, 0.15) is 367 Å². The summed E-state index contributed by atoms with van der Waals surface area (Å²) < 4.78 is 17.0. The maximum atomic E-state index is 13.0. The number of allylic oxidation sites excluding steroid dienone is 12. The smallest absolute Gasteiger partial charge is 0.306 e. The quantitative estimate of drug-likeness (QED) is 0.0261. The van der Waals surface area contributed by atoms with Gasteiger partial charge in [-0.25, -0.2) is 0 Å². The Morgan fingerprint density at radius 1 is 0.259 bits per heavy atom. The largest absolute Gasteiger partial charge is 0.462 e. The van der Waals surface area contributed by atoms with E-state index >= 15 is 0 Å². The summed E-state index contributed by atoms with van der Waals surface area (Å²) in [6, 6.07) is 0. The van der Waals surface area contributed by atoms with E-state index in [-0.39, 0.29) is 31.1 Å². The van der Waals surface area contributed by atoms with Gasteiger partial charge in [-0.05, 0) is 109 Å². The van der Waals surface area contributed by atoms with E-state index in [0.717, 1.165) is 103 Å². The van der Waals surface area contributed by atoms with Crippen LogP contribution in [0.3, 0.4) is 0 Å². The standard InChI is InChI=1S/C75H134O6/c1-4-7-10-13-16-19-22-25-28-30-32-34-36-37-39-40-42-44-47-50-53-56-59-62-65-68-74(77)80-71-72(70-79-73(76)67-64-61-58-55-52-49-46-27-24-21-18-15-12-9-6-3)81-75(78)69-66-63-60-57-54-51-48-45-43-41-38-35-33-31-29-26-23-20-17-14-11-8-5-2/h9,12,18,21-22,25,27,30-33,46,72H,4-8,10-11,13-17,19-20,23-24,26,28-29,34-45,47-71H2,1-3H3/b12-9-,21-18-,25-22-,32-30-,33-31-,46-27-. The SMILES string of the molecule is CC/C=C\C/C=C\C/C=C\CCCCCCCC(=O)OCC(COC(=O)CCCCCCCCCCCCCCC/C=C\C/C=C\CCCCCCC)OC(=O)CCCCCCCCCCCCC/C=C\CCCCCCCCCC. The highest BCUT2D eigenvalue weighted by molar-refractivity contribution is 5.71. The fourth-order valence-electron chi connectivity index (χ4n) is 10.4. The van der Waals surface area contributed by atoms with Crippen molar-refractivity contribution in [3.8, 4) is 0 Å². The number of ether oxygens (including phenoxy) is 3. The van der Waals surface area contributed by atoms with Gasteiger partial charge in [-0.15, -0.1) is 0 Å². The van der Waals surface area contributed by atoms with Crippen LogP contribution in [0.15, 0.2) is 72.9 Å². The van der Waals surface area contributed by atoms with Crippen LogP contribution < -0.4 is 0 Å². The summed E-state index contributed by atoms with van der Waals surface area (Å²) in [5.41, 5.74) is 0. The predicted molar refractivity (Wildman–Crippen MR) is 353 cm³/mol. The molecule has 6 nitrogen and oxygen atoms in total. The molecule has 0 radical (unpaired) electrons. The number of hydrogen-bond donors (Lipinski definition) is 0. The second-order valence-electron chi connectivity index (χ2n) is 23.8. The molecule has 0 spiro atoms. The maximum absolute atomic E-state index is 13.0. The summed E-state index contributed by atoms with van der Waals surface area (Å²) in [4.78, 5) is 38.5. The summed E-state index contributed by atoms with van der Waals surface area (Å²) in [6.45, 7) is 6.56. The molecule has 0 N–H and O–H groups in total. The molecular formula is C75H134O6. The maximum Gasteiger partial charge on any atom is 0.306 e. The van der Waals surface area contributed by atoms with Gasteiger partial charge in [0.1, 0.15) is 13.2 Å². The van der Waals surface area contributed by atoms with Crippen LogP contribution >= 0.6 is 0 Å². The second-order valence-corrected chi connectivity index (χ2v) is 23.8. The van der Waals surface area contributed by atoms with E-state index in [9.17, 15) is 14.4 Å². The zero-order valence-corrected chi connectivity index (χ0v) is 54.1. The Bertz CT molecular complexity index is 1490. The van der Waals surface area contributed by atoms with E-state index in [4.69, 9.17) is 14.2 Å². The van der Waals surface area contributed by atoms with Crippen LogP contribution in [0.4, 0.5) is 0 Å². The summed E-state index contributed by atoms with van der Waals surface area (Å²) >= 11 is 0. The van der Waals surface area contributed by atoms with Crippen molar-refractivity contribution in [3.63, 3.8) is 0 Å². The highest BCUT2D eigenvalue weighted by atomic mass is 16.6. The highest BCUT2D eigenvalue weighted by Crippen LogP contribution is 2.17. The van der Waals surface area contributed by atoms with Crippen molar-refractivity contribution in [3.05, 3.63) is 72.9 Å². The van der Waals surface area contributed by atoms with Gasteiger partial charge >= 0.3 is 17.9 Å². The van der Waals surface area contributed by atoms with Gasteiger partial charge in [0.2, 0.25) is 0 Å². The normalized spacial score (nSPS) is 12.5. The van der Waals surface area contributed by atoms with Gasteiger partial charge in [-0.3, -0.25) is 14.4 Å². The van der Waals surface area contributed by atoms with Crippen molar-refractivity contribution in [2.75, 3.05) is 13.2 Å². The summed E-state index contributed by atoms with van der Waals surface area (Å²) in [7, 11) is 0. The van der Waals surface area contributed by atoms with E-state index in [0.29, 0.717) is 19.3 Å². The first-order chi connectivity index (χ1) is 40.0. The van der Waals surface area contributed by atoms with Gasteiger partial charge in [0.15, 0.2) is 6.10 Å². The summed E-state index contributed by atoms with van der Waals surface area (Å²) in [5.74, 6) is -0.878. The molecule has 0 saturated heterocycles. The van der Waals surface area contributed by atoms with Crippen molar-refractivity contribution in [1.82, 2.24) is 0 Å². The minimum absolute atomic E-state index is 0.0792. The van der Waals surface area contributed by atoms with E-state index in [1.165, 1.54) is 225 Å². The van der Waals surface area contributed by atoms with E-state index < -0.39 is 6.10 Å². The monoisotopic (exact) mass is 1130 g/mol. The van der Waals surface area contributed by atoms with Crippen LogP contribution in [-0.2, 0) is 28.6 Å². The number of hydrogen-bond acceptors (Lipinski definition) is 6. The third-order valence-corrected chi connectivity index (χ3v) is 15.7. The molecule has 470 valence electrons. The molecule has 0 amide bonds. The molecule has 0 aromatic heterocycles. The number of esters is 3. The number of carbonyl (C=O) groups is 3. The molecule has 0 aliphatic heterocycles. The van der Waals surface area contributed by atoms with Crippen molar-refractivity contribution in [2.24, 2.45) is 0 Å². The minimum Gasteiger partial charge on any atom is -0.462 e. The average molecular weight is 1130 g/mol. The van der Waals surface area contributed by atoms with Crippen molar-refractivity contribution in [1.29, 1.82) is 0 Å². The van der Waals surface area contributed by atoms with Crippen LogP contribution in [0, 0.1) is 0 Å². The molecule has 0 aromatic rings. The zero-order chi connectivity index (χ0) is 58.5. The molecule has 0 fully saturated rings. The summed E-state index contributed by atoms with van der Waals surface area (Å²) in [6.07, 6.45) is 90.7. The lowest BCUT2D eigenvalue weighted by Gasteiger charge is -2.18. The molecule has 0 saturated carbocycles. The zero-order valence-electron chi connectivity index (χ0n) is 54.1. The third-order valence-electron chi connectivity index (χ3n) is 15.7. The van der Waals surface area contributed by atoms with Crippen LogP contribution in [0.5, 0.6) is 0 Å². The lowest BCUT2D eigenvalue weighted by molar-refractivity contribution is -0.167. The second kappa shape index (κ2) is 69.3. The van der Waals surface area contributed by atoms with Crippen molar-refractivity contribution >= 4 is 17.9 Å². The molecule has 0 heterocycles. The van der Waals surface area contributed by atoms with Gasteiger partial charge < -0.3 is 14.2 Å². The van der Waals surface area contributed by atoms with Gasteiger partial charge in [-0.2, -0.15) is 0 Å². The van der Waals surface area contributed by atoms with Crippen molar-refractivity contribution < 1.29 is 28.6 Å². The molecule has 6 heteroatoms. The summed E-state index contributed by atoms with van der Waals surface area (Å²) in [5, 5.41) is 0. The van der Waals surface area contributed by atoms with E-state index in [1.807, 2.05) is 0 Å². The van der Waals surface area contributed by atoms with Gasteiger partial charge in [0, 0.05) is 19.3 Å². The Hall–Kier alpha value is -3.15. The Balaban J connectivity index is 4.30. The fraction of sp³-hybridized carbons (Fsp3) is 0.800. The third kappa shape index (κ3) is 67.5. The first-order valence-corrected chi connectivity index (χ1v) is 35.4. The van der Waals surface area contributed by atoms with E-state index in [1.54, 1.807) is 0 Å². The Morgan fingerprint density at radius 3 is 0.765 bits per heavy atom. The first-order valence-electron chi connectivity index (χ1n) is 35.4. The first kappa shape index (κ1) is 77.9. The van der Waals surface area contributed by atoms with Crippen molar-refractivity contribution in [2.45, 2.75) is 374 Å². The highest BCUT2D eigenvalue weighted by Gasteiger charge is 2.19. The molecule has 0 aromatic carbocycles. The fourth-order valence-corrected chi connectivity index (χ4v) is 10.4. The Morgan fingerprint density at radius 2 is 0.481 bits per heavy atom. The van der Waals surface area contributed by atoms with Crippen LogP contribution in [0.2, 0.25) is 0 Å². The van der Waals surface area contributed by atoms with Crippen LogP contribution in [-0.4, -0.2) is 37.2 Å².